The zero-order valence-electron chi connectivity index (χ0n) is 19.3. The van der Waals surface area contributed by atoms with Gasteiger partial charge in [-0.25, -0.2) is 9.59 Å². The van der Waals surface area contributed by atoms with Gasteiger partial charge in [0.05, 0.1) is 6.54 Å². The Morgan fingerprint density at radius 3 is 1.94 bits per heavy atom. The Bertz CT molecular complexity index is 897. The van der Waals surface area contributed by atoms with E-state index in [1.165, 1.54) is 7.05 Å². The lowest BCUT2D eigenvalue weighted by Gasteiger charge is -2.28. The number of imide groups is 1. The summed E-state index contributed by atoms with van der Waals surface area (Å²) in [5.74, 6) is -0.688. The summed E-state index contributed by atoms with van der Waals surface area (Å²) in [7, 11) is 1.40. The molecule has 0 fully saturated rings. The predicted molar refractivity (Wildman–Crippen MR) is 128 cm³/mol. The number of rotatable bonds is 11. The molecule has 0 heterocycles. The van der Waals surface area contributed by atoms with E-state index in [4.69, 9.17) is 5.73 Å². The minimum atomic E-state index is -0.813. The highest BCUT2D eigenvalue weighted by atomic mass is 16.2. The summed E-state index contributed by atoms with van der Waals surface area (Å²) in [5.41, 5.74) is 7.38. The second kappa shape index (κ2) is 14.3. The van der Waals surface area contributed by atoms with Gasteiger partial charge in [-0.2, -0.15) is 0 Å². The zero-order valence-corrected chi connectivity index (χ0v) is 19.3. The Kier molecular flexibility index (Phi) is 11.1. The standard InChI is InChI=1S/C24H32N6O4/c1-26-23(33)29-24(34)27-14-8-13-20(28-21(31)15-25)22(32)30(16-18-9-4-2-5-10-18)17-19-11-6-3-7-12-19/h2-7,9-12,20H,8,13-17,25H2,1H3,(H,28,31)(H3,26,27,29,33,34)/t20-/m1/s1. The molecule has 0 saturated carbocycles. The molecule has 0 spiro atoms. The summed E-state index contributed by atoms with van der Waals surface area (Å²) in [4.78, 5) is 50.1. The number of hydrogen-bond donors (Lipinski definition) is 5. The smallest absolute Gasteiger partial charge is 0.322 e. The Morgan fingerprint density at radius 1 is 0.882 bits per heavy atom. The molecule has 6 amide bonds. The van der Waals surface area contributed by atoms with Crippen LogP contribution in [-0.4, -0.2) is 55.0 Å². The maximum atomic E-state index is 13.5. The summed E-state index contributed by atoms with van der Waals surface area (Å²) in [6.07, 6.45) is 0.678. The van der Waals surface area contributed by atoms with Gasteiger partial charge >= 0.3 is 12.1 Å². The second-order valence-corrected chi connectivity index (χ2v) is 7.59. The molecule has 0 aliphatic rings. The van der Waals surface area contributed by atoms with Gasteiger partial charge in [-0.1, -0.05) is 60.7 Å². The van der Waals surface area contributed by atoms with Gasteiger partial charge in [0.2, 0.25) is 11.8 Å². The third-order valence-corrected chi connectivity index (χ3v) is 4.97. The van der Waals surface area contributed by atoms with Crippen LogP contribution >= 0.6 is 0 Å². The van der Waals surface area contributed by atoms with E-state index in [0.717, 1.165) is 11.1 Å². The average molecular weight is 469 g/mol. The van der Waals surface area contributed by atoms with Crippen molar-refractivity contribution in [1.29, 1.82) is 0 Å². The highest BCUT2D eigenvalue weighted by molar-refractivity contribution is 5.93. The van der Waals surface area contributed by atoms with E-state index in [9.17, 15) is 19.2 Å². The van der Waals surface area contributed by atoms with Crippen molar-refractivity contribution < 1.29 is 19.2 Å². The topological polar surface area (TPSA) is 146 Å². The SMILES string of the molecule is CNC(=O)NC(=O)NCCC[C@@H](NC(=O)CN)C(=O)N(Cc1ccccc1)Cc1ccccc1. The number of amides is 6. The maximum Gasteiger partial charge on any atom is 0.322 e. The second-order valence-electron chi connectivity index (χ2n) is 7.59. The number of urea groups is 2. The molecule has 0 bridgehead atoms. The minimum absolute atomic E-state index is 0.211. The van der Waals surface area contributed by atoms with Gasteiger partial charge in [-0.05, 0) is 24.0 Å². The molecule has 34 heavy (non-hydrogen) atoms. The molecule has 2 rings (SSSR count). The molecule has 1 atom stereocenters. The largest absolute Gasteiger partial charge is 0.343 e. The van der Waals surface area contributed by atoms with Crippen LogP contribution in [0.2, 0.25) is 0 Å². The number of hydrogen-bond acceptors (Lipinski definition) is 5. The Balaban J connectivity index is 2.09. The van der Waals surface area contributed by atoms with E-state index in [-0.39, 0.29) is 25.4 Å². The summed E-state index contributed by atoms with van der Waals surface area (Å²) in [6, 6.07) is 17.1. The van der Waals surface area contributed by atoms with Crippen molar-refractivity contribution >= 4 is 23.9 Å². The number of benzene rings is 2. The molecule has 6 N–H and O–H groups in total. The first kappa shape index (κ1) is 26.3. The highest BCUT2D eigenvalue weighted by Gasteiger charge is 2.26. The molecule has 2 aromatic carbocycles. The van der Waals surface area contributed by atoms with Gasteiger partial charge in [0, 0.05) is 26.7 Å². The lowest BCUT2D eigenvalue weighted by molar-refractivity contribution is -0.137. The van der Waals surface area contributed by atoms with Crippen LogP contribution in [0.25, 0.3) is 0 Å². The fourth-order valence-corrected chi connectivity index (χ4v) is 3.27. The number of nitrogens with zero attached hydrogens (tertiary/aromatic N) is 1. The van der Waals surface area contributed by atoms with E-state index in [0.29, 0.717) is 19.5 Å². The molecule has 0 aromatic heterocycles. The zero-order chi connectivity index (χ0) is 24.8. The highest BCUT2D eigenvalue weighted by Crippen LogP contribution is 2.13. The van der Waals surface area contributed by atoms with Crippen LogP contribution in [0.15, 0.2) is 60.7 Å². The van der Waals surface area contributed by atoms with Crippen LogP contribution in [0.3, 0.4) is 0 Å². The fourth-order valence-electron chi connectivity index (χ4n) is 3.27. The molecule has 10 nitrogen and oxygen atoms in total. The summed E-state index contributed by atoms with van der Waals surface area (Å²) in [5, 5.41) is 9.62. The number of carbonyl (C=O) groups is 4. The van der Waals surface area contributed by atoms with E-state index >= 15 is 0 Å². The van der Waals surface area contributed by atoms with Crippen molar-refractivity contribution in [1.82, 2.24) is 26.2 Å². The molecule has 10 heteroatoms. The molecule has 182 valence electrons. The number of carbonyl (C=O) groups excluding carboxylic acids is 4. The lowest BCUT2D eigenvalue weighted by Crippen LogP contribution is -2.50. The van der Waals surface area contributed by atoms with Crippen molar-refractivity contribution in [3.63, 3.8) is 0 Å². The van der Waals surface area contributed by atoms with Crippen molar-refractivity contribution in [2.45, 2.75) is 32.0 Å². The van der Waals surface area contributed by atoms with E-state index in [1.54, 1.807) is 4.90 Å². The molecule has 0 radical (unpaired) electrons. The molecule has 0 aliphatic carbocycles. The first-order valence-electron chi connectivity index (χ1n) is 11.1. The van der Waals surface area contributed by atoms with Gasteiger partial charge in [-0.3, -0.25) is 14.9 Å². The minimum Gasteiger partial charge on any atom is -0.343 e. The van der Waals surface area contributed by atoms with Crippen LogP contribution in [-0.2, 0) is 22.7 Å². The third kappa shape index (κ3) is 9.29. The predicted octanol–water partition coefficient (Wildman–Crippen LogP) is 1.08. The van der Waals surface area contributed by atoms with Gasteiger partial charge in [0.15, 0.2) is 0 Å². The van der Waals surface area contributed by atoms with Crippen molar-refractivity contribution in [2.24, 2.45) is 5.73 Å². The van der Waals surface area contributed by atoms with E-state index in [2.05, 4.69) is 21.3 Å². The Labute approximate surface area is 199 Å². The Hall–Kier alpha value is -3.92. The van der Waals surface area contributed by atoms with Gasteiger partial charge in [-0.15, -0.1) is 0 Å². The van der Waals surface area contributed by atoms with Crippen LogP contribution < -0.4 is 27.0 Å². The monoisotopic (exact) mass is 468 g/mol. The molecular formula is C24H32N6O4. The van der Waals surface area contributed by atoms with Gasteiger partial charge < -0.3 is 26.6 Å². The number of nitrogens with two attached hydrogens (primary N) is 1. The van der Waals surface area contributed by atoms with Crippen molar-refractivity contribution in [3.8, 4) is 0 Å². The third-order valence-electron chi connectivity index (χ3n) is 4.97. The van der Waals surface area contributed by atoms with Gasteiger partial charge in [0.1, 0.15) is 6.04 Å². The molecular weight excluding hydrogens is 436 g/mol. The first-order chi connectivity index (χ1) is 16.4. The number of nitrogens with one attached hydrogen (secondary N) is 4. The van der Waals surface area contributed by atoms with Crippen LogP contribution in [0, 0.1) is 0 Å². The van der Waals surface area contributed by atoms with Crippen molar-refractivity contribution in [3.05, 3.63) is 71.8 Å². The summed E-state index contributed by atoms with van der Waals surface area (Å²) in [6.45, 7) is 0.711. The first-order valence-corrected chi connectivity index (χ1v) is 11.1. The van der Waals surface area contributed by atoms with Crippen LogP contribution in [0.4, 0.5) is 9.59 Å². The normalized spacial score (nSPS) is 11.1. The van der Waals surface area contributed by atoms with Gasteiger partial charge in [0.25, 0.3) is 0 Å². The lowest BCUT2D eigenvalue weighted by atomic mass is 10.1. The van der Waals surface area contributed by atoms with E-state index in [1.807, 2.05) is 60.7 Å². The Morgan fingerprint density at radius 2 is 1.44 bits per heavy atom. The fraction of sp³-hybridized carbons (Fsp3) is 0.333. The average Bonchev–Trinajstić information content (AvgIpc) is 2.86. The van der Waals surface area contributed by atoms with Crippen LogP contribution in [0.5, 0.6) is 0 Å². The molecule has 2 aromatic rings. The summed E-state index contributed by atoms with van der Waals surface area (Å²) >= 11 is 0. The summed E-state index contributed by atoms with van der Waals surface area (Å²) < 4.78 is 0. The van der Waals surface area contributed by atoms with Crippen molar-refractivity contribution in [2.75, 3.05) is 20.1 Å². The van der Waals surface area contributed by atoms with E-state index < -0.39 is 24.0 Å². The quantitative estimate of drug-likeness (QED) is 0.313. The van der Waals surface area contributed by atoms with Crippen LogP contribution in [0.1, 0.15) is 24.0 Å². The molecule has 0 saturated heterocycles. The molecule has 0 aliphatic heterocycles. The molecule has 0 unspecified atom stereocenters. The maximum absolute atomic E-state index is 13.5.